The molecule has 0 aliphatic carbocycles. The number of urea groups is 1. The number of esters is 1. The van der Waals surface area contributed by atoms with Crippen LogP contribution in [0.1, 0.15) is 36.8 Å². The summed E-state index contributed by atoms with van der Waals surface area (Å²) in [5.74, 6) is -0.484. The first kappa shape index (κ1) is 25.4. The van der Waals surface area contributed by atoms with Crippen molar-refractivity contribution in [3.8, 4) is 0 Å². The van der Waals surface area contributed by atoms with Crippen LogP contribution in [-0.4, -0.2) is 53.9 Å². The topological polar surface area (TPSA) is 79.0 Å². The summed E-state index contributed by atoms with van der Waals surface area (Å²) in [5.41, 5.74) is 2.17. The smallest absolute Gasteiger partial charge is 0.325 e. The molecule has 0 radical (unpaired) electrons. The van der Waals surface area contributed by atoms with Crippen LogP contribution in [-0.2, 0) is 27.4 Å². The van der Waals surface area contributed by atoms with E-state index in [2.05, 4.69) is 5.32 Å². The Kier molecular flexibility index (Phi) is 10.2. The molecule has 0 aliphatic rings. The number of aryl methyl sites for hydroxylation is 1. The number of amides is 3. The van der Waals surface area contributed by atoms with Crippen molar-refractivity contribution in [3.05, 3.63) is 57.8 Å². The lowest BCUT2D eigenvalue weighted by molar-refractivity contribution is -0.141. The molecule has 1 aromatic heterocycles. The zero-order chi connectivity index (χ0) is 23.5. The van der Waals surface area contributed by atoms with Gasteiger partial charge in [0.1, 0.15) is 13.1 Å². The average molecular weight is 460 g/mol. The molecule has 1 heterocycles. The normalized spacial score (nSPS) is 10.7. The van der Waals surface area contributed by atoms with Crippen molar-refractivity contribution in [3.63, 3.8) is 0 Å². The average Bonchev–Trinajstić information content (AvgIpc) is 3.16. The SMILES string of the molecule is CCOC(=O)CNC(=O)N(CC(=O)N(Cc1ccccc1)Cc1sccc1C)CC(C)C. The van der Waals surface area contributed by atoms with Gasteiger partial charge in [-0.05, 0) is 42.3 Å². The summed E-state index contributed by atoms with van der Waals surface area (Å²) in [6.45, 7) is 9.00. The first-order valence-corrected chi connectivity index (χ1v) is 11.7. The Bertz CT molecular complexity index is 882. The number of nitrogens with zero attached hydrogens (tertiary/aromatic N) is 2. The maximum absolute atomic E-state index is 13.3. The Hall–Kier alpha value is -2.87. The van der Waals surface area contributed by atoms with Crippen molar-refractivity contribution in [1.29, 1.82) is 0 Å². The fourth-order valence-corrected chi connectivity index (χ4v) is 4.09. The largest absolute Gasteiger partial charge is 0.465 e. The molecule has 0 bridgehead atoms. The number of rotatable bonds is 11. The minimum Gasteiger partial charge on any atom is -0.465 e. The van der Waals surface area contributed by atoms with Crippen LogP contribution in [0.15, 0.2) is 41.8 Å². The summed E-state index contributed by atoms with van der Waals surface area (Å²) >= 11 is 1.62. The van der Waals surface area contributed by atoms with Crippen molar-refractivity contribution in [2.45, 2.75) is 40.8 Å². The van der Waals surface area contributed by atoms with Gasteiger partial charge in [0.15, 0.2) is 0 Å². The quantitative estimate of drug-likeness (QED) is 0.518. The fourth-order valence-electron chi connectivity index (χ4n) is 3.17. The highest BCUT2D eigenvalue weighted by Crippen LogP contribution is 2.20. The molecule has 32 heavy (non-hydrogen) atoms. The molecule has 8 heteroatoms. The van der Waals surface area contributed by atoms with Crippen molar-refractivity contribution in [2.24, 2.45) is 5.92 Å². The van der Waals surface area contributed by atoms with Gasteiger partial charge in [-0.25, -0.2) is 4.79 Å². The third-order valence-corrected chi connectivity index (χ3v) is 5.77. The van der Waals surface area contributed by atoms with Crippen molar-refractivity contribution in [2.75, 3.05) is 26.2 Å². The van der Waals surface area contributed by atoms with E-state index in [-0.39, 0.29) is 31.5 Å². The van der Waals surface area contributed by atoms with E-state index in [1.807, 2.05) is 62.5 Å². The predicted molar refractivity (Wildman–Crippen MR) is 126 cm³/mol. The lowest BCUT2D eigenvalue weighted by Gasteiger charge is -2.29. The van der Waals surface area contributed by atoms with Gasteiger partial charge in [-0.1, -0.05) is 44.2 Å². The highest BCUT2D eigenvalue weighted by molar-refractivity contribution is 7.10. The van der Waals surface area contributed by atoms with Gasteiger partial charge in [0.2, 0.25) is 5.91 Å². The lowest BCUT2D eigenvalue weighted by atomic mass is 10.2. The molecule has 1 aromatic carbocycles. The molecule has 174 valence electrons. The second kappa shape index (κ2) is 12.9. The number of thiophene rings is 1. The molecular formula is C24H33N3O4S. The summed E-state index contributed by atoms with van der Waals surface area (Å²) in [6, 6.07) is 11.4. The Labute approximate surface area is 194 Å². The lowest BCUT2D eigenvalue weighted by Crippen LogP contribution is -2.48. The molecule has 0 spiro atoms. The van der Waals surface area contributed by atoms with Crippen LogP contribution in [0, 0.1) is 12.8 Å². The third kappa shape index (κ3) is 8.34. The number of carbonyl (C=O) groups is 3. The van der Waals surface area contributed by atoms with Crippen molar-refractivity contribution in [1.82, 2.24) is 15.1 Å². The first-order valence-electron chi connectivity index (χ1n) is 10.8. The molecule has 0 aliphatic heterocycles. The second-order valence-electron chi connectivity index (χ2n) is 8.00. The van der Waals surface area contributed by atoms with E-state index in [1.54, 1.807) is 23.2 Å². The number of hydrogen-bond donors (Lipinski definition) is 1. The maximum atomic E-state index is 13.3. The van der Waals surface area contributed by atoms with Gasteiger partial charge >= 0.3 is 12.0 Å². The van der Waals surface area contributed by atoms with Crippen LogP contribution in [0.3, 0.4) is 0 Å². The molecule has 2 rings (SSSR count). The number of benzene rings is 1. The zero-order valence-corrected chi connectivity index (χ0v) is 20.1. The van der Waals surface area contributed by atoms with Crippen LogP contribution >= 0.6 is 11.3 Å². The van der Waals surface area contributed by atoms with Crippen LogP contribution in [0.4, 0.5) is 4.79 Å². The van der Waals surface area contributed by atoms with E-state index < -0.39 is 12.0 Å². The van der Waals surface area contributed by atoms with Crippen LogP contribution in [0.25, 0.3) is 0 Å². The highest BCUT2D eigenvalue weighted by atomic mass is 32.1. The van der Waals surface area contributed by atoms with Crippen LogP contribution < -0.4 is 5.32 Å². The highest BCUT2D eigenvalue weighted by Gasteiger charge is 2.23. The molecule has 0 fully saturated rings. The van der Waals surface area contributed by atoms with E-state index in [0.29, 0.717) is 19.6 Å². The van der Waals surface area contributed by atoms with Crippen molar-refractivity contribution < 1.29 is 19.1 Å². The molecule has 0 saturated heterocycles. The van der Waals surface area contributed by atoms with Crippen LogP contribution in [0.5, 0.6) is 0 Å². The van der Waals surface area contributed by atoms with Gasteiger partial charge in [0, 0.05) is 18.0 Å². The zero-order valence-electron chi connectivity index (χ0n) is 19.3. The minimum atomic E-state index is -0.504. The van der Waals surface area contributed by atoms with Gasteiger partial charge in [-0.3, -0.25) is 9.59 Å². The minimum absolute atomic E-state index is 0.0654. The summed E-state index contributed by atoms with van der Waals surface area (Å²) in [5, 5.41) is 4.58. The van der Waals surface area contributed by atoms with E-state index in [4.69, 9.17) is 4.74 Å². The van der Waals surface area contributed by atoms with Gasteiger partial charge in [0.25, 0.3) is 0 Å². The summed E-state index contributed by atoms with van der Waals surface area (Å²) in [7, 11) is 0. The Morgan fingerprint density at radius 2 is 1.78 bits per heavy atom. The molecule has 3 amide bonds. The predicted octanol–water partition coefficient (Wildman–Crippen LogP) is 3.82. The van der Waals surface area contributed by atoms with E-state index in [0.717, 1.165) is 16.0 Å². The second-order valence-corrected chi connectivity index (χ2v) is 9.00. The number of ether oxygens (including phenoxy) is 1. The Balaban J connectivity index is 2.13. The molecule has 2 aromatic rings. The van der Waals surface area contributed by atoms with E-state index in [1.165, 1.54) is 4.90 Å². The first-order chi connectivity index (χ1) is 15.3. The molecule has 7 nitrogen and oxygen atoms in total. The molecule has 1 N–H and O–H groups in total. The number of hydrogen-bond acceptors (Lipinski definition) is 5. The number of carbonyl (C=O) groups excluding carboxylic acids is 3. The van der Waals surface area contributed by atoms with Crippen molar-refractivity contribution >= 4 is 29.2 Å². The number of nitrogens with one attached hydrogen (secondary N) is 1. The summed E-state index contributed by atoms with van der Waals surface area (Å²) in [4.78, 5) is 42.0. The molecular weight excluding hydrogens is 426 g/mol. The Morgan fingerprint density at radius 1 is 1.06 bits per heavy atom. The summed E-state index contributed by atoms with van der Waals surface area (Å²) < 4.78 is 4.86. The fraction of sp³-hybridized carbons (Fsp3) is 0.458. The molecule has 0 unspecified atom stereocenters. The summed E-state index contributed by atoms with van der Waals surface area (Å²) in [6.07, 6.45) is 0. The maximum Gasteiger partial charge on any atom is 0.325 e. The Morgan fingerprint density at radius 3 is 2.38 bits per heavy atom. The standard InChI is InChI=1S/C24H33N3O4S/c1-5-31-23(29)13-25-24(30)27(14-18(2)3)17-22(28)26(15-20-9-7-6-8-10-20)16-21-19(4)11-12-32-21/h6-12,18H,5,13-17H2,1-4H3,(H,25,30). The third-order valence-electron chi connectivity index (χ3n) is 4.76. The van der Waals surface area contributed by atoms with E-state index in [9.17, 15) is 14.4 Å². The monoisotopic (exact) mass is 459 g/mol. The van der Waals surface area contributed by atoms with Crippen LogP contribution in [0.2, 0.25) is 0 Å². The van der Waals surface area contributed by atoms with Gasteiger partial charge in [0.05, 0.1) is 13.2 Å². The molecule has 0 atom stereocenters. The molecule has 0 saturated carbocycles. The van der Waals surface area contributed by atoms with Gasteiger partial charge < -0.3 is 19.9 Å². The van der Waals surface area contributed by atoms with Gasteiger partial charge in [-0.15, -0.1) is 11.3 Å². The van der Waals surface area contributed by atoms with Gasteiger partial charge in [-0.2, -0.15) is 0 Å². The van der Waals surface area contributed by atoms with E-state index >= 15 is 0 Å².